The topological polar surface area (TPSA) is 70.6 Å². The molecule has 0 aliphatic heterocycles. The Morgan fingerprint density at radius 2 is 1.86 bits per heavy atom. The van der Waals surface area contributed by atoms with E-state index in [0.29, 0.717) is 5.69 Å². The summed E-state index contributed by atoms with van der Waals surface area (Å²) < 4.78 is 13.3. The van der Waals surface area contributed by atoms with Gasteiger partial charge in [0.2, 0.25) is 0 Å². The van der Waals surface area contributed by atoms with Gasteiger partial charge in [0.15, 0.2) is 0 Å². The van der Waals surface area contributed by atoms with Crippen LogP contribution in [0.2, 0.25) is 0 Å². The number of anilines is 1. The molecule has 0 unspecified atom stereocenters. The molecule has 0 aliphatic carbocycles. The second-order valence-electron chi connectivity index (χ2n) is 4.54. The molecule has 0 bridgehead atoms. The lowest BCUT2D eigenvalue weighted by molar-refractivity contribution is -0.136. The predicted molar refractivity (Wildman–Crippen MR) is 81.9 cm³/mol. The first-order valence-corrected chi connectivity index (χ1v) is 6.52. The Kier molecular flexibility index (Phi) is 4.98. The number of hydrazone groups is 1. The Bertz CT molecular complexity index is 729. The van der Waals surface area contributed by atoms with Crippen molar-refractivity contribution in [2.24, 2.45) is 5.10 Å². The maximum atomic E-state index is 13.3. The SMILES string of the molecule is Cc1cccc(NC(=O)C(=O)N/N=C\c2ccccc2F)c1. The highest BCUT2D eigenvalue weighted by molar-refractivity contribution is 6.39. The van der Waals surface area contributed by atoms with Gasteiger partial charge in [-0.15, -0.1) is 0 Å². The van der Waals surface area contributed by atoms with E-state index in [4.69, 9.17) is 0 Å². The van der Waals surface area contributed by atoms with Crippen LogP contribution < -0.4 is 10.7 Å². The molecule has 0 radical (unpaired) electrons. The monoisotopic (exact) mass is 299 g/mol. The lowest BCUT2D eigenvalue weighted by atomic mass is 10.2. The van der Waals surface area contributed by atoms with Crippen LogP contribution in [0.1, 0.15) is 11.1 Å². The highest BCUT2D eigenvalue weighted by atomic mass is 19.1. The second-order valence-corrected chi connectivity index (χ2v) is 4.54. The number of amides is 2. The van der Waals surface area contributed by atoms with Crippen LogP contribution in [-0.2, 0) is 9.59 Å². The van der Waals surface area contributed by atoms with E-state index in [1.54, 1.807) is 30.3 Å². The summed E-state index contributed by atoms with van der Waals surface area (Å²) in [5.41, 5.74) is 3.72. The number of nitrogens with zero attached hydrogens (tertiary/aromatic N) is 1. The summed E-state index contributed by atoms with van der Waals surface area (Å²) in [5.74, 6) is -2.25. The van der Waals surface area contributed by atoms with E-state index in [9.17, 15) is 14.0 Å². The lowest BCUT2D eigenvalue weighted by Crippen LogP contribution is -2.32. The van der Waals surface area contributed by atoms with E-state index in [-0.39, 0.29) is 5.56 Å². The number of hydrogen-bond acceptors (Lipinski definition) is 3. The summed E-state index contributed by atoms with van der Waals surface area (Å²) in [5, 5.41) is 6.00. The van der Waals surface area contributed by atoms with Crippen LogP contribution in [0.15, 0.2) is 53.6 Å². The maximum Gasteiger partial charge on any atom is 0.329 e. The number of carbonyl (C=O) groups is 2. The second kappa shape index (κ2) is 7.12. The third-order valence-corrected chi connectivity index (χ3v) is 2.76. The highest BCUT2D eigenvalue weighted by Gasteiger charge is 2.12. The number of rotatable bonds is 3. The molecule has 0 aliphatic rings. The average molecular weight is 299 g/mol. The van der Waals surface area contributed by atoms with Crippen LogP contribution >= 0.6 is 0 Å². The zero-order valence-corrected chi connectivity index (χ0v) is 11.8. The van der Waals surface area contributed by atoms with Gasteiger partial charge in [0, 0.05) is 11.3 Å². The van der Waals surface area contributed by atoms with Crippen molar-refractivity contribution in [2.75, 3.05) is 5.32 Å². The predicted octanol–water partition coefficient (Wildman–Crippen LogP) is 2.22. The number of carbonyl (C=O) groups excluding carboxylic acids is 2. The molecule has 0 heterocycles. The van der Waals surface area contributed by atoms with Crippen LogP contribution in [0.5, 0.6) is 0 Å². The van der Waals surface area contributed by atoms with E-state index in [0.717, 1.165) is 11.8 Å². The van der Waals surface area contributed by atoms with E-state index in [1.165, 1.54) is 12.1 Å². The van der Waals surface area contributed by atoms with Crippen LogP contribution in [0.4, 0.5) is 10.1 Å². The van der Waals surface area contributed by atoms with Gasteiger partial charge in [0.1, 0.15) is 5.82 Å². The Labute approximate surface area is 126 Å². The molecule has 112 valence electrons. The molecule has 0 saturated heterocycles. The van der Waals surface area contributed by atoms with Gasteiger partial charge < -0.3 is 5.32 Å². The first-order chi connectivity index (χ1) is 10.6. The molecule has 2 rings (SSSR count). The Balaban J connectivity index is 1.92. The molecule has 0 atom stereocenters. The van der Waals surface area contributed by atoms with Gasteiger partial charge in [0.05, 0.1) is 6.21 Å². The average Bonchev–Trinajstić information content (AvgIpc) is 2.49. The smallest absolute Gasteiger partial charge is 0.318 e. The Hall–Kier alpha value is -3.02. The number of hydrogen-bond donors (Lipinski definition) is 2. The highest BCUT2D eigenvalue weighted by Crippen LogP contribution is 2.09. The zero-order valence-electron chi connectivity index (χ0n) is 11.8. The van der Waals surface area contributed by atoms with Crippen LogP contribution in [-0.4, -0.2) is 18.0 Å². The van der Waals surface area contributed by atoms with Gasteiger partial charge in [-0.25, -0.2) is 9.82 Å². The maximum absolute atomic E-state index is 13.3. The van der Waals surface area contributed by atoms with E-state index in [1.807, 2.05) is 18.4 Å². The molecule has 22 heavy (non-hydrogen) atoms. The number of nitrogens with one attached hydrogen (secondary N) is 2. The third kappa shape index (κ3) is 4.24. The number of aryl methyl sites for hydroxylation is 1. The largest absolute Gasteiger partial charge is 0.329 e. The van der Waals surface area contributed by atoms with Gasteiger partial charge in [-0.2, -0.15) is 5.10 Å². The van der Waals surface area contributed by atoms with Crippen LogP contribution in [0.25, 0.3) is 0 Å². The van der Waals surface area contributed by atoms with E-state index in [2.05, 4.69) is 10.4 Å². The summed E-state index contributed by atoms with van der Waals surface area (Å²) in [7, 11) is 0. The summed E-state index contributed by atoms with van der Waals surface area (Å²) in [6.07, 6.45) is 1.13. The molecular weight excluding hydrogens is 285 g/mol. The molecule has 2 N–H and O–H groups in total. The molecule has 5 nitrogen and oxygen atoms in total. The van der Waals surface area contributed by atoms with Crippen LogP contribution in [0, 0.1) is 12.7 Å². The number of halogens is 1. The molecule has 2 amide bonds. The molecule has 0 aromatic heterocycles. The van der Waals surface area contributed by atoms with Gasteiger partial charge in [-0.1, -0.05) is 30.3 Å². The Morgan fingerprint density at radius 3 is 2.59 bits per heavy atom. The fourth-order valence-corrected chi connectivity index (χ4v) is 1.70. The van der Waals surface area contributed by atoms with Gasteiger partial charge in [0.25, 0.3) is 0 Å². The van der Waals surface area contributed by atoms with Gasteiger partial charge >= 0.3 is 11.8 Å². The van der Waals surface area contributed by atoms with Crippen LogP contribution in [0.3, 0.4) is 0 Å². The van der Waals surface area contributed by atoms with Crippen molar-refractivity contribution in [2.45, 2.75) is 6.92 Å². The van der Waals surface area contributed by atoms with E-state index < -0.39 is 17.6 Å². The molecule has 0 saturated carbocycles. The summed E-state index contributed by atoms with van der Waals surface area (Å²) >= 11 is 0. The van der Waals surface area contributed by atoms with E-state index >= 15 is 0 Å². The van der Waals surface area contributed by atoms with Crippen molar-refractivity contribution in [1.29, 1.82) is 0 Å². The van der Waals surface area contributed by atoms with Gasteiger partial charge in [-0.05, 0) is 30.7 Å². The minimum Gasteiger partial charge on any atom is -0.318 e. The first-order valence-electron chi connectivity index (χ1n) is 6.52. The van der Waals surface area contributed by atoms with Crippen molar-refractivity contribution < 1.29 is 14.0 Å². The molecule has 0 fully saturated rings. The minimum absolute atomic E-state index is 0.210. The fraction of sp³-hybridized carbons (Fsp3) is 0.0625. The number of benzene rings is 2. The van der Waals surface area contributed by atoms with Gasteiger partial charge in [-0.3, -0.25) is 9.59 Å². The van der Waals surface area contributed by atoms with Crippen molar-refractivity contribution in [3.05, 3.63) is 65.5 Å². The fourth-order valence-electron chi connectivity index (χ4n) is 1.70. The molecule has 6 heteroatoms. The Morgan fingerprint density at radius 1 is 1.09 bits per heavy atom. The van der Waals surface area contributed by atoms with Crippen molar-refractivity contribution in [1.82, 2.24) is 5.43 Å². The molecule has 2 aromatic rings. The summed E-state index contributed by atoms with van der Waals surface area (Å²) in [6.45, 7) is 1.87. The molecular formula is C16H14FN3O2. The summed E-state index contributed by atoms with van der Waals surface area (Å²) in [6, 6.07) is 13.0. The van der Waals surface area contributed by atoms with Crippen molar-refractivity contribution >= 4 is 23.7 Å². The standard InChI is InChI=1S/C16H14FN3O2/c1-11-5-4-7-13(9-11)19-15(21)16(22)20-18-10-12-6-2-3-8-14(12)17/h2-10H,1H3,(H,19,21)(H,20,22)/b18-10-. The first kappa shape index (κ1) is 15.4. The summed E-state index contributed by atoms with van der Waals surface area (Å²) in [4.78, 5) is 23.2. The lowest BCUT2D eigenvalue weighted by Gasteiger charge is -2.04. The molecule has 2 aromatic carbocycles. The third-order valence-electron chi connectivity index (χ3n) is 2.76. The minimum atomic E-state index is -0.936. The quantitative estimate of drug-likeness (QED) is 0.518. The van der Waals surface area contributed by atoms with Crippen molar-refractivity contribution in [3.8, 4) is 0 Å². The molecule has 0 spiro atoms. The van der Waals surface area contributed by atoms with Crippen molar-refractivity contribution in [3.63, 3.8) is 0 Å². The zero-order chi connectivity index (χ0) is 15.9. The normalized spacial score (nSPS) is 10.5.